The predicted molar refractivity (Wildman–Crippen MR) is 89.4 cm³/mol. The number of halogens is 1. The topological polar surface area (TPSA) is 83.6 Å². The van der Waals surface area contributed by atoms with Crippen LogP contribution in [-0.2, 0) is 4.79 Å². The summed E-state index contributed by atoms with van der Waals surface area (Å²) in [6, 6.07) is 5.28. The summed E-state index contributed by atoms with van der Waals surface area (Å²) in [5.74, 6) is -0.474. The number of nitrogens with two attached hydrogens (primary N) is 1. The highest BCUT2D eigenvalue weighted by Gasteiger charge is 2.36. The van der Waals surface area contributed by atoms with Gasteiger partial charge in [-0.15, -0.1) is 0 Å². The summed E-state index contributed by atoms with van der Waals surface area (Å²) in [5.41, 5.74) is 5.43. The van der Waals surface area contributed by atoms with Gasteiger partial charge < -0.3 is 15.7 Å². The number of benzene rings is 1. The molecule has 0 bridgehead atoms. The normalized spacial score (nSPS) is 21.5. The zero-order valence-electron chi connectivity index (χ0n) is 13.5. The van der Waals surface area contributed by atoms with E-state index in [0.717, 1.165) is 5.56 Å². The Balaban J connectivity index is 2.17. The van der Waals surface area contributed by atoms with Crippen molar-refractivity contribution in [2.45, 2.75) is 44.6 Å². The Morgan fingerprint density at radius 1 is 1.43 bits per heavy atom. The van der Waals surface area contributed by atoms with Crippen molar-refractivity contribution in [3.05, 3.63) is 34.3 Å². The third kappa shape index (κ3) is 4.24. The smallest absolute Gasteiger partial charge is 0.254 e. The second kappa shape index (κ2) is 6.89. The lowest BCUT2D eigenvalue weighted by Crippen LogP contribution is -2.51. The Kier molecular flexibility index (Phi) is 5.32. The number of aliphatic hydroxyl groups is 1. The van der Waals surface area contributed by atoms with E-state index in [-0.39, 0.29) is 24.8 Å². The van der Waals surface area contributed by atoms with E-state index in [1.54, 1.807) is 17.0 Å². The lowest BCUT2D eigenvalue weighted by molar-refractivity contribution is -0.125. The molecule has 0 spiro atoms. The molecule has 0 saturated carbocycles. The lowest BCUT2D eigenvalue weighted by atomic mass is 9.89. The van der Waals surface area contributed by atoms with Gasteiger partial charge in [-0.1, -0.05) is 31.5 Å². The maximum Gasteiger partial charge on any atom is 0.254 e. The van der Waals surface area contributed by atoms with Crippen molar-refractivity contribution < 1.29 is 14.7 Å². The van der Waals surface area contributed by atoms with Crippen molar-refractivity contribution >= 4 is 23.4 Å². The zero-order chi connectivity index (χ0) is 17.2. The first-order valence-electron chi connectivity index (χ1n) is 7.81. The van der Waals surface area contributed by atoms with E-state index in [1.807, 2.05) is 19.9 Å². The Bertz CT molecular complexity index is 618. The molecular weight excluding hydrogens is 316 g/mol. The Morgan fingerprint density at radius 3 is 2.70 bits per heavy atom. The number of amides is 2. The monoisotopic (exact) mass is 338 g/mol. The second-order valence-corrected chi connectivity index (χ2v) is 7.00. The van der Waals surface area contributed by atoms with Gasteiger partial charge in [-0.05, 0) is 36.5 Å². The maximum absolute atomic E-state index is 12.6. The molecule has 2 amide bonds. The van der Waals surface area contributed by atoms with Gasteiger partial charge in [0.15, 0.2) is 0 Å². The average molecular weight is 339 g/mol. The molecule has 23 heavy (non-hydrogen) atoms. The molecule has 1 aliphatic heterocycles. The quantitative estimate of drug-likeness (QED) is 0.883. The minimum Gasteiger partial charge on any atom is -0.388 e. The predicted octanol–water partition coefficient (Wildman–Crippen LogP) is 2.31. The van der Waals surface area contributed by atoms with Crippen LogP contribution in [0.4, 0.5) is 0 Å². The fourth-order valence-electron chi connectivity index (χ4n) is 3.07. The fraction of sp³-hybridized carbons (Fsp3) is 0.529. The van der Waals surface area contributed by atoms with Crippen LogP contribution in [0, 0.1) is 0 Å². The highest BCUT2D eigenvalue weighted by Crippen LogP contribution is 2.28. The first-order chi connectivity index (χ1) is 10.7. The van der Waals surface area contributed by atoms with E-state index in [2.05, 4.69) is 0 Å². The first kappa shape index (κ1) is 17.8. The Hall–Kier alpha value is -1.59. The van der Waals surface area contributed by atoms with Crippen molar-refractivity contribution in [2.24, 2.45) is 5.73 Å². The molecule has 3 N–H and O–H groups in total. The Morgan fingerprint density at radius 2 is 2.13 bits per heavy atom. The molecule has 1 unspecified atom stereocenters. The number of carbonyl (C=O) groups excluding carboxylic acids is 2. The molecule has 1 aliphatic rings. The molecule has 1 heterocycles. The highest BCUT2D eigenvalue weighted by atomic mass is 35.5. The third-order valence-corrected chi connectivity index (χ3v) is 4.54. The van der Waals surface area contributed by atoms with Crippen LogP contribution in [-0.4, -0.2) is 40.5 Å². The number of likely N-dealkylation sites (tertiary alicyclic amines) is 1. The fourth-order valence-corrected chi connectivity index (χ4v) is 3.46. The van der Waals surface area contributed by atoms with E-state index in [1.165, 1.54) is 0 Å². The van der Waals surface area contributed by atoms with E-state index in [0.29, 0.717) is 30.0 Å². The van der Waals surface area contributed by atoms with Gasteiger partial charge in [-0.25, -0.2) is 0 Å². The minimum atomic E-state index is -1.23. The molecule has 0 aliphatic carbocycles. The minimum absolute atomic E-state index is 0.109. The summed E-state index contributed by atoms with van der Waals surface area (Å²) in [7, 11) is 0. The van der Waals surface area contributed by atoms with E-state index in [4.69, 9.17) is 17.3 Å². The third-order valence-electron chi connectivity index (χ3n) is 4.22. The van der Waals surface area contributed by atoms with Crippen LogP contribution < -0.4 is 5.73 Å². The van der Waals surface area contributed by atoms with Crippen LogP contribution >= 0.6 is 11.6 Å². The number of nitrogens with zero attached hydrogens (tertiary/aromatic N) is 1. The van der Waals surface area contributed by atoms with Gasteiger partial charge in [0, 0.05) is 17.1 Å². The molecule has 0 aromatic heterocycles. The molecule has 1 aromatic carbocycles. The number of primary amides is 1. The number of hydrogen-bond donors (Lipinski definition) is 2. The standard InChI is InChI=1S/C17H23ClN2O3/c1-11(2)13-5-4-12(8-14(13)18)16(22)20-7-3-6-17(23,10-20)9-15(19)21/h4-5,8,11,23H,3,6-7,9-10H2,1-2H3,(H2,19,21). The number of rotatable bonds is 4. The van der Waals surface area contributed by atoms with Gasteiger partial charge in [0.05, 0.1) is 18.6 Å². The van der Waals surface area contributed by atoms with Crippen LogP contribution in [0.1, 0.15) is 54.9 Å². The van der Waals surface area contributed by atoms with Gasteiger partial charge in [-0.2, -0.15) is 0 Å². The number of β-amino-alcohol motifs (C(OH)–C–C–N with tert-alkyl or cyclic N) is 1. The summed E-state index contributed by atoms with van der Waals surface area (Å²) in [4.78, 5) is 25.3. The number of piperidine rings is 1. The van der Waals surface area contributed by atoms with Gasteiger partial charge in [-0.3, -0.25) is 9.59 Å². The molecule has 1 aromatic rings. The van der Waals surface area contributed by atoms with E-state index in [9.17, 15) is 14.7 Å². The summed E-state index contributed by atoms with van der Waals surface area (Å²) in [6.45, 7) is 4.73. The van der Waals surface area contributed by atoms with Crippen LogP contribution in [0.3, 0.4) is 0 Å². The molecule has 1 fully saturated rings. The molecular formula is C17H23ClN2O3. The number of carbonyl (C=O) groups is 2. The van der Waals surface area contributed by atoms with Crippen molar-refractivity contribution in [2.75, 3.05) is 13.1 Å². The van der Waals surface area contributed by atoms with E-state index < -0.39 is 11.5 Å². The van der Waals surface area contributed by atoms with Crippen LogP contribution in [0.15, 0.2) is 18.2 Å². The number of hydrogen-bond acceptors (Lipinski definition) is 3. The summed E-state index contributed by atoms with van der Waals surface area (Å²) in [6.07, 6.45) is 0.962. The summed E-state index contributed by atoms with van der Waals surface area (Å²) >= 11 is 6.25. The van der Waals surface area contributed by atoms with Gasteiger partial charge >= 0.3 is 0 Å². The van der Waals surface area contributed by atoms with Crippen molar-refractivity contribution in [1.29, 1.82) is 0 Å². The lowest BCUT2D eigenvalue weighted by Gasteiger charge is -2.38. The first-order valence-corrected chi connectivity index (χ1v) is 8.19. The molecule has 126 valence electrons. The molecule has 6 heteroatoms. The van der Waals surface area contributed by atoms with Crippen LogP contribution in [0.5, 0.6) is 0 Å². The van der Waals surface area contributed by atoms with Crippen molar-refractivity contribution in [1.82, 2.24) is 4.90 Å². The zero-order valence-corrected chi connectivity index (χ0v) is 14.3. The van der Waals surface area contributed by atoms with Crippen LogP contribution in [0.2, 0.25) is 5.02 Å². The van der Waals surface area contributed by atoms with E-state index >= 15 is 0 Å². The van der Waals surface area contributed by atoms with Crippen LogP contribution in [0.25, 0.3) is 0 Å². The van der Waals surface area contributed by atoms with Gasteiger partial charge in [0.25, 0.3) is 5.91 Å². The molecule has 0 radical (unpaired) electrons. The molecule has 1 atom stereocenters. The Labute approximate surface area is 141 Å². The van der Waals surface area contributed by atoms with Gasteiger partial charge in [0.2, 0.25) is 5.91 Å². The van der Waals surface area contributed by atoms with Gasteiger partial charge in [0.1, 0.15) is 0 Å². The average Bonchev–Trinajstić information content (AvgIpc) is 2.44. The molecule has 2 rings (SSSR count). The summed E-state index contributed by atoms with van der Waals surface area (Å²) in [5, 5.41) is 11.0. The summed E-state index contributed by atoms with van der Waals surface area (Å²) < 4.78 is 0. The van der Waals surface area contributed by atoms with Crippen molar-refractivity contribution in [3.8, 4) is 0 Å². The SMILES string of the molecule is CC(C)c1ccc(C(=O)N2CCCC(O)(CC(N)=O)C2)cc1Cl. The largest absolute Gasteiger partial charge is 0.388 e. The van der Waals surface area contributed by atoms with Crippen molar-refractivity contribution in [3.63, 3.8) is 0 Å². The second-order valence-electron chi connectivity index (χ2n) is 6.59. The maximum atomic E-state index is 12.6. The molecule has 1 saturated heterocycles. The highest BCUT2D eigenvalue weighted by molar-refractivity contribution is 6.31. The molecule has 5 nitrogen and oxygen atoms in total.